The minimum Gasteiger partial charge on any atom is -0.363 e. The van der Waals surface area contributed by atoms with E-state index in [1.165, 1.54) is 0 Å². The van der Waals surface area contributed by atoms with Crippen molar-refractivity contribution in [2.24, 2.45) is 0 Å². The molecule has 1 aliphatic rings. The number of carbonyl (C=O) groups is 1. The van der Waals surface area contributed by atoms with Gasteiger partial charge in [0.25, 0.3) is 0 Å². The maximum atomic E-state index is 11.0. The molecule has 2 N–H and O–H groups in total. The van der Waals surface area contributed by atoms with E-state index in [2.05, 4.69) is 17.6 Å². The lowest BCUT2D eigenvalue weighted by molar-refractivity contribution is -0.122. The summed E-state index contributed by atoms with van der Waals surface area (Å²) in [7, 11) is 0. The Kier molecular flexibility index (Phi) is 3.95. The summed E-state index contributed by atoms with van der Waals surface area (Å²) in [6, 6.07) is 0. The molecule has 5 heteroatoms. The molecule has 0 atom stereocenters. The highest BCUT2D eigenvalue weighted by molar-refractivity contribution is 7.80. The lowest BCUT2D eigenvalue weighted by atomic mass is 10.4. The van der Waals surface area contributed by atoms with Gasteiger partial charge in [-0.25, -0.2) is 0 Å². The third-order valence-electron chi connectivity index (χ3n) is 1.85. The van der Waals surface area contributed by atoms with Crippen molar-refractivity contribution in [3.05, 3.63) is 0 Å². The van der Waals surface area contributed by atoms with Gasteiger partial charge in [-0.05, 0) is 18.6 Å². The molecule has 0 bridgehead atoms. The lowest BCUT2D eigenvalue weighted by Crippen LogP contribution is -2.52. The monoisotopic (exact) mass is 201 g/mol. The molecule has 0 saturated carbocycles. The van der Waals surface area contributed by atoms with Crippen LogP contribution in [0.5, 0.6) is 0 Å². The summed E-state index contributed by atoms with van der Waals surface area (Å²) in [5, 5.41) is 6.55. The van der Waals surface area contributed by atoms with Gasteiger partial charge in [-0.2, -0.15) is 0 Å². The summed E-state index contributed by atoms with van der Waals surface area (Å²) in [5.41, 5.74) is 0. The predicted octanol–water partition coefficient (Wildman–Crippen LogP) is -0.297. The van der Waals surface area contributed by atoms with Crippen LogP contribution in [0.1, 0.15) is 13.3 Å². The molecule has 0 radical (unpaired) electrons. The molecule has 0 aliphatic carbocycles. The lowest BCUT2D eigenvalue weighted by Gasteiger charge is -2.29. The fraction of sp³-hybridized carbons (Fsp3) is 0.750. The van der Waals surface area contributed by atoms with Gasteiger partial charge in [-0.3, -0.25) is 4.79 Å². The molecule has 0 aromatic carbocycles. The van der Waals surface area contributed by atoms with Crippen LogP contribution in [-0.4, -0.2) is 42.1 Å². The first-order valence-electron chi connectivity index (χ1n) is 4.53. The highest BCUT2D eigenvalue weighted by atomic mass is 32.1. The molecule has 4 nitrogen and oxygen atoms in total. The van der Waals surface area contributed by atoms with E-state index in [4.69, 9.17) is 12.2 Å². The van der Waals surface area contributed by atoms with Gasteiger partial charge < -0.3 is 15.5 Å². The molecule has 1 rings (SSSR count). The van der Waals surface area contributed by atoms with E-state index in [1.807, 2.05) is 4.90 Å². The minimum absolute atomic E-state index is 0.0481. The van der Waals surface area contributed by atoms with Crippen molar-refractivity contribution >= 4 is 23.2 Å². The number of rotatable bonds is 2. The van der Waals surface area contributed by atoms with Crippen molar-refractivity contribution in [1.82, 2.24) is 15.5 Å². The average Bonchev–Trinajstić information content (AvgIpc) is 2.14. The summed E-state index contributed by atoms with van der Waals surface area (Å²) in [5.74, 6) is 0.0481. The molecule has 1 saturated heterocycles. The Labute approximate surface area is 83.7 Å². The molecule has 13 heavy (non-hydrogen) atoms. The van der Waals surface area contributed by atoms with Crippen molar-refractivity contribution in [2.45, 2.75) is 13.3 Å². The average molecular weight is 201 g/mol. The molecule has 74 valence electrons. The topological polar surface area (TPSA) is 44.4 Å². The second-order valence-corrected chi connectivity index (χ2v) is 3.39. The van der Waals surface area contributed by atoms with Crippen LogP contribution in [0.25, 0.3) is 0 Å². The highest BCUT2D eigenvalue weighted by Crippen LogP contribution is 1.94. The van der Waals surface area contributed by atoms with Gasteiger partial charge in [-0.15, -0.1) is 0 Å². The van der Waals surface area contributed by atoms with Crippen molar-refractivity contribution in [3.63, 3.8) is 0 Å². The Balaban J connectivity index is 2.32. The number of nitrogens with zero attached hydrogens (tertiary/aromatic N) is 1. The van der Waals surface area contributed by atoms with E-state index in [9.17, 15) is 4.79 Å². The minimum atomic E-state index is 0.0481. The third kappa shape index (κ3) is 3.18. The molecule has 0 unspecified atom stereocenters. The van der Waals surface area contributed by atoms with Gasteiger partial charge in [0.15, 0.2) is 5.11 Å². The standard InChI is InChI=1S/C8H15N3OS/c1-2-3-10-8(13)11-5-4-9-7(12)6-11/h2-6H2,1H3,(H,9,12)(H,10,13). The first-order chi connectivity index (χ1) is 6.24. The molecule has 1 heterocycles. The maximum Gasteiger partial charge on any atom is 0.239 e. The van der Waals surface area contributed by atoms with Gasteiger partial charge in [0.1, 0.15) is 0 Å². The first-order valence-corrected chi connectivity index (χ1v) is 4.94. The third-order valence-corrected chi connectivity index (χ3v) is 2.25. The van der Waals surface area contributed by atoms with E-state index in [0.29, 0.717) is 18.2 Å². The molecule has 0 aromatic rings. The summed E-state index contributed by atoms with van der Waals surface area (Å²) in [4.78, 5) is 12.9. The van der Waals surface area contributed by atoms with Crippen molar-refractivity contribution in [1.29, 1.82) is 0 Å². The van der Waals surface area contributed by atoms with Crippen LogP contribution in [0.2, 0.25) is 0 Å². The zero-order valence-corrected chi connectivity index (χ0v) is 8.62. The largest absolute Gasteiger partial charge is 0.363 e. The molecule has 0 spiro atoms. The quantitative estimate of drug-likeness (QED) is 0.602. The molecule has 1 aliphatic heterocycles. The van der Waals surface area contributed by atoms with Gasteiger partial charge in [0, 0.05) is 19.6 Å². The van der Waals surface area contributed by atoms with Crippen molar-refractivity contribution < 1.29 is 4.79 Å². The fourth-order valence-electron chi connectivity index (χ4n) is 1.16. The zero-order chi connectivity index (χ0) is 9.68. The zero-order valence-electron chi connectivity index (χ0n) is 7.80. The molecule has 0 aromatic heterocycles. The Morgan fingerprint density at radius 1 is 1.77 bits per heavy atom. The van der Waals surface area contributed by atoms with E-state index in [-0.39, 0.29) is 5.91 Å². The van der Waals surface area contributed by atoms with E-state index in [0.717, 1.165) is 19.5 Å². The van der Waals surface area contributed by atoms with Gasteiger partial charge in [-0.1, -0.05) is 6.92 Å². The van der Waals surface area contributed by atoms with Gasteiger partial charge in [0.2, 0.25) is 5.91 Å². The Morgan fingerprint density at radius 3 is 3.15 bits per heavy atom. The predicted molar refractivity (Wildman–Crippen MR) is 55.5 cm³/mol. The normalized spacial score (nSPS) is 16.7. The van der Waals surface area contributed by atoms with Crippen LogP contribution < -0.4 is 10.6 Å². The van der Waals surface area contributed by atoms with Gasteiger partial charge in [0.05, 0.1) is 6.54 Å². The molecule has 1 amide bonds. The summed E-state index contributed by atoms with van der Waals surface area (Å²) < 4.78 is 0. The second-order valence-electron chi connectivity index (χ2n) is 3.00. The summed E-state index contributed by atoms with van der Waals surface area (Å²) in [6.07, 6.45) is 1.04. The van der Waals surface area contributed by atoms with Gasteiger partial charge >= 0.3 is 0 Å². The molecule has 1 fully saturated rings. The number of hydrogen-bond acceptors (Lipinski definition) is 2. The van der Waals surface area contributed by atoms with Crippen molar-refractivity contribution in [3.8, 4) is 0 Å². The van der Waals surface area contributed by atoms with Crippen molar-refractivity contribution in [2.75, 3.05) is 26.2 Å². The Hall–Kier alpha value is -0.840. The number of piperazine rings is 1. The number of thiocarbonyl (C=S) groups is 1. The highest BCUT2D eigenvalue weighted by Gasteiger charge is 2.17. The number of nitrogens with one attached hydrogen (secondary N) is 2. The van der Waals surface area contributed by atoms with Crippen LogP contribution in [-0.2, 0) is 4.79 Å². The molecular weight excluding hydrogens is 186 g/mol. The fourth-order valence-corrected chi connectivity index (χ4v) is 1.41. The van der Waals surface area contributed by atoms with E-state index in [1.54, 1.807) is 0 Å². The summed E-state index contributed by atoms with van der Waals surface area (Å²) >= 11 is 5.13. The molecular formula is C8H15N3OS. The SMILES string of the molecule is CCCNC(=S)N1CCNC(=O)C1. The van der Waals surface area contributed by atoms with Crippen LogP contribution >= 0.6 is 12.2 Å². The van der Waals surface area contributed by atoms with Crippen LogP contribution in [0.15, 0.2) is 0 Å². The van der Waals surface area contributed by atoms with Crippen LogP contribution in [0.4, 0.5) is 0 Å². The smallest absolute Gasteiger partial charge is 0.239 e. The number of hydrogen-bond donors (Lipinski definition) is 2. The Morgan fingerprint density at radius 2 is 2.54 bits per heavy atom. The van der Waals surface area contributed by atoms with E-state index < -0.39 is 0 Å². The maximum absolute atomic E-state index is 11.0. The van der Waals surface area contributed by atoms with Crippen LogP contribution in [0.3, 0.4) is 0 Å². The van der Waals surface area contributed by atoms with Crippen LogP contribution in [0, 0.1) is 0 Å². The first kappa shape index (κ1) is 10.2. The second kappa shape index (κ2) is 5.01. The Bertz CT molecular complexity index is 208. The van der Waals surface area contributed by atoms with E-state index >= 15 is 0 Å². The number of carbonyl (C=O) groups excluding carboxylic acids is 1. The number of amides is 1. The summed E-state index contributed by atoms with van der Waals surface area (Å²) in [6.45, 7) is 4.83.